The third kappa shape index (κ3) is 9.43. The number of halogens is 1. The summed E-state index contributed by atoms with van der Waals surface area (Å²) in [6.45, 7) is 3.71. The first kappa shape index (κ1) is 25.5. The van der Waals surface area contributed by atoms with E-state index in [1.807, 2.05) is 13.8 Å². The minimum atomic E-state index is -0.722. The van der Waals surface area contributed by atoms with E-state index >= 15 is 0 Å². The van der Waals surface area contributed by atoms with Gasteiger partial charge in [0.2, 0.25) is 17.7 Å². The van der Waals surface area contributed by atoms with Crippen LogP contribution in [0.1, 0.15) is 25.8 Å². The zero-order valence-corrected chi connectivity index (χ0v) is 16.8. The van der Waals surface area contributed by atoms with Crippen LogP contribution in [0.5, 0.6) is 11.5 Å². The van der Waals surface area contributed by atoms with Gasteiger partial charge in [0.15, 0.2) is 11.5 Å². The van der Waals surface area contributed by atoms with Crippen molar-refractivity contribution in [1.82, 2.24) is 16.0 Å². The number of benzene rings is 1. The normalized spacial score (nSPS) is 11.3. The first-order valence-electron chi connectivity index (χ1n) is 8.77. The highest BCUT2D eigenvalue weighted by atomic mass is 35.5. The highest BCUT2D eigenvalue weighted by Crippen LogP contribution is 2.24. The Kier molecular flexibility index (Phi) is 11.6. The van der Waals surface area contributed by atoms with Gasteiger partial charge in [-0.25, -0.2) is 0 Å². The number of carbonyl (C=O) groups excluding carboxylic acids is 3. The molecule has 7 N–H and O–H groups in total. The molecule has 1 rings (SSSR count). The number of amides is 3. The Morgan fingerprint density at radius 1 is 1.07 bits per heavy atom. The fourth-order valence-corrected chi connectivity index (χ4v) is 2.38. The fraction of sp³-hybridized carbons (Fsp3) is 0.500. The van der Waals surface area contributed by atoms with Gasteiger partial charge in [0.05, 0.1) is 13.1 Å². The molecule has 158 valence electrons. The van der Waals surface area contributed by atoms with Crippen molar-refractivity contribution in [2.45, 2.75) is 32.7 Å². The monoisotopic (exact) mass is 416 g/mol. The van der Waals surface area contributed by atoms with Gasteiger partial charge in [0.25, 0.3) is 0 Å². The molecule has 0 aliphatic carbocycles. The third-order valence-corrected chi connectivity index (χ3v) is 3.74. The summed E-state index contributed by atoms with van der Waals surface area (Å²) in [6.07, 6.45) is 0.900. The molecule has 0 saturated carbocycles. The Balaban J connectivity index is 0.00000729. The maximum absolute atomic E-state index is 12.4. The number of carbonyl (C=O) groups is 3. The zero-order chi connectivity index (χ0) is 20.4. The first-order chi connectivity index (χ1) is 12.7. The molecule has 1 aromatic rings. The minimum Gasteiger partial charge on any atom is -0.504 e. The Morgan fingerprint density at radius 3 is 2.32 bits per heavy atom. The molecular formula is C18H29ClN4O5. The van der Waals surface area contributed by atoms with Crippen molar-refractivity contribution in [1.29, 1.82) is 0 Å². The van der Waals surface area contributed by atoms with Gasteiger partial charge >= 0.3 is 0 Å². The quantitative estimate of drug-likeness (QED) is 0.290. The van der Waals surface area contributed by atoms with Crippen LogP contribution in [-0.2, 0) is 20.8 Å². The number of hydrogen-bond donors (Lipinski definition) is 6. The third-order valence-electron chi connectivity index (χ3n) is 3.74. The van der Waals surface area contributed by atoms with E-state index in [2.05, 4.69) is 16.0 Å². The van der Waals surface area contributed by atoms with Gasteiger partial charge in [-0.3, -0.25) is 14.4 Å². The van der Waals surface area contributed by atoms with Crippen molar-refractivity contribution in [3.63, 3.8) is 0 Å². The van der Waals surface area contributed by atoms with Gasteiger partial charge in [-0.15, -0.1) is 12.4 Å². The molecule has 0 aromatic heterocycles. The molecule has 0 aliphatic rings. The van der Waals surface area contributed by atoms with E-state index in [1.54, 1.807) is 6.07 Å². The van der Waals surface area contributed by atoms with Crippen molar-refractivity contribution in [3.8, 4) is 11.5 Å². The summed E-state index contributed by atoms with van der Waals surface area (Å²) in [7, 11) is 0. The standard InChI is InChI=1S/C18H28N4O5.ClH/c1-11(2)7-13(22-17(26)10-21-16(25)9-19)18(27)20-6-5-12-3-4-14(23)15(24)8-12;/h3-4,8,11,13,23-24H,5-7,9-10,19H2,1-2H3,(H,20,27)(H,21,25)(H,22,26);1H/t13-;/m0./s1. The van der Waals surface area contributed by atoms with Crippen molar-refractivity contribution >= 4 is 30.1 Å². The second-order valence-corrected chi connectivity index (χ2v) is 6.59. The molecule has 0 fully saturated rings. The first-order valence-corrected chi connectivity index (χ1v) is 8.77. The van der Waals surface area contributed by atoms with Gasteiger partial charge in [-0.05, 0) is 36.5 Å². The summed E-state index contributed by atoms with van der Waals surface area (Å²) in [5.74, 6) is -1.50. The van der Waals surface area contributed by atoms with Crippen molar-refractivity contribution < 1.29 is 24.6 Å². The van der Waals surface area contributed by atoms with Crippen molar-refractivity contribution in [2.75, 3.05) is 19.6 Å². The van der Waals surface area contributed by atoms with Crippen LogP contribution < -0.4 is 21.7 Å². The summed E-state index contributed by atoms with van der Waals surface area (Å²) in [4.78, 5) is 35.4. The molecule has 10 heteroatoms. The highest BCUT2D eigenvalue weighted by Gasteiger charge is 2.21. The van der Waals surface area contributed by atoms with E-state index in [4.69, 9.17) is 5.73 Å². The SMILES string of the molecule is CC(C)C[C@H](NC(=O)CNC(=O)CN)C(=O)NCCc1ccc(O)c(O)c1.Cl. The van der Waals surface area contributed by atoms with Crippen LogP contribution in [0.3, 0.4) is 0 Å². The molecule has 0 heterocycles. The number of phenols is 2. The fourth-order valence-electron chi connectivity index (χ4n) is 2.38. The summed E-state index contributed by atoms with van der Waals surface area (Å²) in [6, 6.07) is 3.73. The Bertz CT molecular complexity index is 669. The maximum atomic E-state index is 12.4. The van der Waals surface area contributed by atoms with Crippen LogP contribution in [0.2, 0.25) is 0 Å². The number of nitrogens with one attached hydrogen (secondary N) is 3. The molecule has 9 nitrogen and oxygen atoms in total. The number of hydrogen-bond acceptors (Lipinski definition) is 6. The molecule has 0 aliphatic heterocycles. The summed E-state index contributed by atoms with van der Waals surface area (Å²) >= 11 is 0. The number of rotatable bonds is 10. The van der Waals surface area contributed by atoms with Gasteiger partial charge in [-0.1, -0.05) is 19.9 Å². The Hall–Kier alpha value is -2.52. The van der Waals surface area contributed by atoms with Crippen LogP contribution in [0.4, 0.5) is 0 Å². The van der Waals surface area contributed by atoms with Crippen LogP contribution in [0, 0.1) is 5.92 Å². The predicted molar refractivity (Wildman–Crippen MR) is 107 cm³/mol. The van der Waals surface area contributed by atoms with Gasteiger partial charge in [-0.2, -0.15) is 0 Å². The molecule has 0 unspecified atom stereocenters. The smallest absolute Gasteiger partial charge is 0.242 e. The lowest BCUT2D eigenvalue weighted by molar-refractivity contribution is -0.129. The highest BCUT2D eigenvalue weighted by molar-refractivity contribution is 5.90. The lowest BCUT2D eigenvalue weighted by Gasteiger charge is -2.20. The Labute approximate surface area is 170 Å². The van der Waals surface area contributed by atoms with Gasteiger partial charge < -0.3 is 31.9 Å². The van der Waals surface area contributed by atoms with Crippen LogP contribution in [-0.4, -0.2) is 53.6 Å². The van der Waals surface area contributed by atoms with Crippen LogP contribution in [0.25, 0.3) is 0 Å². The van der Waals surface area contributed by atoms with E-state index in [-0.39, 0.29) is 48.8 Å². The van der Waals surface area contributed by atoms with E-state index in [0.717, 1.165) is 5.56 Å². The minimum absolute atomic E-state index is 0. The van der Waals surface area contributed by atoms with Gasteiger partial charge in [0, 0.05) is 6.54 Å². The summed E-state index contributed by atoms with van der Waals surface area (Å²) in [5.41, 5.74) is 5.91. The van der Waals surface area contributed by atoms with E-state index in [9.17, 15) is 24.6 Å². The predicted octanol–water partition coefficient (Wildman–Crippen LogP) is -0.216. The molecule has 0 bridgehead atoms. The second kappa shape index (κ2) is 12.8. The largest absolute Gasteiger partial charge is 0.504 e. The zero-order valence-electron chi connectivity index (χ0n) is 16.0. The maximum Gasteiger partial charge on any atom is 0.242 e. The van der Waals surface area contributed by atoms with E-state index in [1.165, 1.54) is 12.1 Å². The average molecular weight is 417 g/mol. The van der Waals surface area contributed by atoms with Crippen molar-refractivity contribution in [2.24, 2.45) is 11.7 Å². The van der Waals surface area contributed by atoms with Crippen molar-refractivity contribution in [3.05, 3.63) is 23.8 Å². The van der Waals surface area contributed by atoms with E-state index in [0.29, 0.717) is 19.4 Å². The molecule has 0 saturated heterocycles. The van der Waals surface area contributed by atoms with Crippen LogP contribution >= 0.6 is 12.4 Å². The molecule has 1 aromatic carbocycles. The number of aromatic hydroxyl groups is 2. The topological polar surface area (TPSA) is 154 Å². The lowest BCUT2D eigenvalue weighted by atomic mass is 10.0. The molecular weight excluding hydrogens is 388 g/mol. The molecule has 3 amide bonds. The summed E-state index contributed by atoms with van der Waals surface area (Å²) < 4.78 is 0. The van der Waals surface area contributed by atoms with Gasteiger partial charge in [0.1, 0.15) is 6.04 Å². The number of nitrogens with two attached hydrogens (primary N) is 1. The molecule has 0 radical (unpaired) electrons. The molecule has 1 atom stereocenters. The average Bonchev–Trinajstić information content (AvgIpc) is 2.61. The number of phenolic OH excluding ortho intramolecular Hbond substituents is 2. The Morgan fingerprint density at radius 2 is 1.75 bits per heavy atom. The second-order valence-electron chi connectivity index (χ2n) is 6.59. The summed E-state index contributed by atoms with van der Waals surface area (Å²) in [5, 5.41) is 26.5. The van der Waals surface area contributed by atoms with Crippen LogP contribution in [0.15, 0.2) is 18.2 Å². The lowest BCUT2D eigenvalue weighted by Crippen LogP contribution is -2.50. The molecule has 28 heavy (non-hydrogen) atoms. The van der Waals surface area contributed by atoms with E-state index < -0.39 is 17.9 Å². The molecule has 0 spiro atoms.